The van der Waals surface area contributed by atoms with E-state index in [2.05, 4.69) is 9.88 Å². The third-order valence-electron chi connectivity index (χ3n) is 7.29. The van der Waals surface area contributed by atoms with E-state index in [-0.39, 0.29) is 11.3 Å². The molecule has 0 radical (unpaired) electrons. The van der Waals surface area contributed by atoms with Crippen molar-refractivity contribution >= 4 is 45.6 Å². The maximum absolute atomic E-state index is 13.9. The molecule has 4 heterocycles. The SMILES string of the molecule is COc1cc(Cl)cc2cc(C(=O)C3=C(O)C(=O)N(c4ccc(N5CCCCC5)cc4)C3c3cccnc3)oc12. The molecule has 0 aliphatic carbocycles. The van der Waals surface area contributed by atoms with Gasteiger partial charge in [0.25, 0.3) is 5.91 Å². The molecule has 2 aliphatic rings. The number of ether oxygens (including phenoxy) is 1. The van der Waals surface area contributed by atoms with E-state index in [0.717, 1.165) is 31.6 Å². The Morgan fingerprint density at radius 2 is 1.82 bits per heavy atom. The first kappa shape index (κ1) is 25.0. The van der Waals surface area contributed by atoms with E-state index in [1.165, 1.54) is 24.5 Å². The number of benzene rings is 2. The topological polar surface area (TPSA) is 96.1 Å². The highest BCUT2D eigenvalue weighted by molar-refractivity contribution is 6.31. The molecule has 6 rings (SSSR count). The number of hydrogen-bond donors (Lipinski definition) is 1. The number of aliphatic hydroxyl groups is 1. The van der Waals surface area contributed by atoms with Crippen LogP contribution >= 0.6 is 11.6 Å². The van der Waals surface area contributed by atoms with Crippen molar-refractivity contribution in [2.45, 2.75) is 25.3 Å². The molecule has 39 heavy (non-hydrogen) atoms. The molecule has 198 valence electrons. The van der Waals surface area contributed by atoms with Crippen LogP contribution in [0.3, 0.4) is 0 Å². The minimum absolute atomic E-state index is 0.0453. The number of piperidine rings is 1. The van der Waals surface area contributed by atoms with Gasteiger partial charge in [-0.25, -0.2) is 0 Å². The van der Waals surface area contributed by atoms with Gasteiger partial charge in [-0.1, -0.05) is 17.7 Å². The molecular weight excluding hydrogens is 518 g/mol. The van der Waals surface area contributed by atoms with Crippen molar-refractivity contribution in [1.29, 1.82) is 0 Å². The molecule has 2 aromatic carbocycles. The molecule has 0 bridgehead atoms. The molecule has 0 saturated carbocycles. The van der Waals surface area contributed by atoms with Crippen LogP contribution in [0.5, 0.6) is 5.75 Å². The van der Waals surface area contributed by atoms with Crippen molar-refractivity contribution in [3.8, 4) is 5.75 Å². The maximum Gasteiger partial charge on any atom is 0.294 e. The number of fused-ring (bicyclic) bond motifs is 1. The number of methoxy groups -OCH3 is 1. The summed E-state index contributed by atoms with van der Waals surface area (Å²) < 4.78 is 11.2. The number of pyridine rings is 1. The van der Waals surface area contributed by atoms with Gasteiger partial charge < -0.3 is 19.2 Å². The van der Waals surface area contributed by atoms with Gasteiger partial charge in [-0.05, 0) is 67.3 Å². The Bertz CT molecular complexity index is 1590. The van der Waals surface area contributed by atoms with E-state index >= 15 is 0 Å². The number of aromatic nitrogens is 1. The lowest BCUT2D eigenvalue weighted by molar-refractivity contribution is -0.117. The zero-order chi connectivity index (χ0) is 27.1. The fraction of sp³-hybridized carbons (Fsp3) is 0.233. The predicted molar refractivity (Wildman–Crippen MR) is 149 cm³/mol. The summed E-state index contributed by atoms with van der Waals surface area (Å²) in [6, 6.07) is 15.0. The summed E-state index contributed by atoms with van der Waals surface area (Å²) >= 11 is 6.19. The summed E-state index contributed by atoms with van der Waals surface area (Å²) in [5.41, 5.74) is 2.47. The van der Waals surface area contributed by atoms with Crippen molar-refractivity contribution in [2.75, 3.05) is 30.0 Å². The number of aliphatic hydroxyl groups excluding tert-OH is 1. The lowest BCUT2D eigenvalue weighted by Crippen LogP contribution is -2.31. The van der Waals surface area contributed by atoms with Gasteiger partial charge in [-0.3, -0.25) is 19.5 Å². The number of halogens is 1. The van der Waals surface area contributed by atoms with Crippen molar-refractivity contribution in [3.05, 3.63) is 94.7 Å². The van der Waals surface area contributed by atoms with Crippen LogP contribution in [0.15, 0.2) is 82.7 Å². The van der Waals surface area contributed by atoms with Gasteiger partial charge >= 0.3 is 0 Å². The largest absolute Gasteiger partial charge is 0.503 e. The second-order valence-electron chi connectivity index (χ2n) is 9.66. The Morgan fingerprint density at radius 3 is 2.51 bits per heavy atom. The monoisotopic (exact) mass is 543 g/mol. The average Bonchev–Trinajstić information content (AvgIpc) is 3.52. The smallest absolute Gasteiger partial charge is 0.294 e. The molecule has 8 nitrogen and oxygen atoms in total. The van der Waals surface area contributed by atoms with E-state index in [4.69, 9.17) is 20.8 Å². The first-order valence-electron chi connectivity index (χ1n) is 12.8. The average molecular weight is 544 g/mol. The Labute approximate surface area is 230 Å². The second-order valence-corrected chi connectivity index (χ2v) is 10.1. The Kier molecular flexibility index (Phi) is 6.48. The van der Waals surface area contributed by atoms with Gasteiger partial charge in [0.15, 0.2) is 22.9 Å². The van der Waals surface area contributed by atoms with E-state index < -0.39 is 23.5 Å². The van der Waals surface area contributed by atoms with Gasteiger partial charge in [-0.15, -0.1) is 0 Å². The van der Waals surface area contributed by atoms with Gasteiger partial charge in [0.1, 0.15) is 0 Å². The molecule has 1 saturated heterocycles. The number of ketones is 1. The molecule has 0 spiro atoms. The minimum Gasteiger partial charge on any atom is -0.503 e. The van der Waals surface area contributed by atoms with Gasteiger partial charge in [0.2, 0.25) is 5.78 Å². The lowest BCUT2D eigenvalue weighted by atomic mass is 9.96. The highest BCUT2D eigenvalue weighted by Crippen LogP contribution is 2.43. The summed E-state index contributed by atoms with van der Waals surface area (Å²) in [6.45, 7) is 1.99. The molecule has 2 aromatic heterocycles. The van der Waals surface area contributed by atoms with Gasteiger partial charge in [-0.2, -0.15) is 0 Å². The predicted octanol–water partition coefficient (Wildman–Crippen LogP) is 6.26. The molecular formula is C30H26ClN3O5. The molecule has 1 atom stereocenters. The number of anilines is 2. The molecule has 1 fully saturated rings. The van der Waals surface area contributed by atoms with Crippen LogP contribution in [0.4, 0.5) is 11.4 Å². The van der Waals surface area contributed by atoms with Crippen molar-refractivity contribution < 1.29 is 23.8 Å². The number of Topliss-reactive ketones (excluding diaryl/α,β-unsaturated/α-hetero) is 1. The number of carbonyl (C=O) groups is 2. The molecule has 1 unspecified atom stereocenters. The number of rotatable bonds is 6. The highest BCUT2D eigenvalue weighted by Gasteiger charge is 2.45. The van der Waals surface area contributed by atoms with Crippen LogP contribution in [0.2, 0.25) is 5.02 Å². The number of hydrogen-bond acceptors (Lipinski definition) is 7. The summed E-state index contributed by atoms with van der Waals surface area (Å²) in [5, 5.41) is 12.1. The zero-order valence-corrected chi connectivity index (χ0v) is 22.0. The molecule has 2 aliphatic heterocycles. The normalized spacial score (nSPS) is 17.8. The Hall–Kier alpha value is -4.30. The maximum atomic E-state index is 13.9. The first-order valence-corrected chi connectivity index (χ1v) is 13.2. The Morgan fingerprint density at radius 1 is 1.08 bits per heavy atom. The lowest BCUT2D eigenvalue weighted by Gasteiger charge is -2.30. The zero-order valence-electron chi connectivity index (χ0n) is 21.3. The van der Waals surface area contributed by atoms with E-state index in [1.54, 1.807) is 36.7 Å². The number of furan rings is 1. The van der Waals surface area contributed by atoms with Crippen molar-refractivity contribution in [1.82, 2.24) is 4.98 Å². The third-order valence-corrected chi connectivity index (χ3v) is 7.51. The van der Waals surface area contributed by atoms with Gasteiger partial charge in [0, 0.05) is 53.3 Å². The molecule has 9 heteroatoms. The summed E-state index contributed by atoms with van der Waals surface area (Å²) in [6.07, 6.45) is 6.73. The third kappa shape index (κ3) is 4.40. The van der Waals surface area contributed by atoms with Crippen LogP contribution in [-0.2, 0) is 4.79 Å². The minimum atomic E-state index is -0.904. The summed E-state index contributed by atoms with van der Waals surface area (Å²) in [5.74, 6) is -1.59. The fourth-order valence-electron chi connectivity index (χ4n) is 5.41. The molecule has 1 N–H and O–H groups in total. The van der Waals surface area contributed by atoms with Crippen molar-refractivity contribution in [3.63, 3.8) is 0 Å². The molecule has 1 amide bonds. The number of amides is 1. The Balaban J connectivity index is 1.41. The quantitative estimate of drug-likeness (QED) is 0.287. The number of nitrogens with zero attached hydrogens (tertiary/aromatic N) is 3. The number of carbonyl (C=O) groups excluding carboxylic acids is 2. The van der Waals surface area contributed by atoms with Crippen molar-refractivity contribution in [2.24, 2.45) is 0 Å². The van der Waals surface area contributed by atoms with Crippen LogP contribution in [0, 0.1) is 0 Å². The second kappa shape index (κ2) is 10.1. The van der Waals surface area contributed by atoms with Crippen LogP contribution in [-0.4, -0.2) is 42.0 Å². The van der Waals surface area contributed by atoms with Crippen LogP contribution in [0.1, 0.15) is 41.4 Å². The fourth-order valence-corrected chi connectivity index (χ4v) is 5.63. The van der Waals surface area contributed by atoms with Crippen LogP contribution in [0.25, 0.3) is 11.0 Å². The van der Waals surface area contributed by atoms with E-state index in [1.807, 2.05) is 24.3 Å². The molecule has 4 aromatic rings. The summed E-state index contributed by atoms with van der Waals surface area (Å²) in [7, 11) is 1.48. The first-order chi connectivity index (χ1) is 19.0. The van der Waals surface area contributed by atoms with Gasteiger partial charge in [0.05, 0.1) is 18.7 Å². The standard InChI is InChI=1S/C30H26ClN3O5/c1-38-24-16-20(31)14-19-15-23(39-29(19)24)27(35)25-26(18-6-5-11-32-17-18)34(30(37)28(25)36)22-9-7-21(8-10-22)33-12-3-2-4-13-33/h5-11,14-17,26,36H,2-4,12-13H2,1H3. The highest BCUT2D eigenvalue weighted by atomic mass is 35.5. The summed E-state index contributed by atoms with van der Waals surface area (Å²) in [4.78, 5) is 35.3. The van der Waals surface area contributed by atoms with E-state index in [9.17, 15) is 14.7 Å². The van der Waals surface area contributed by atoms with Crippen LogP contribution < -0.4 is 14.5 Å². The van der Waals surface area contributed by atoms with E-state index in [0.29, 0.717) is 33.0 Å².